The third kappa shape index (κ3) is 4.40. The van der Waals surface area contributed by atoms with Gasteiger partial charge in [-0.3, -0.25) is 4.79 Å². The van der Waals surface area contributed by atoms with Crippen LogP contribution in [0.5, 0.6) is 11.5 Å². The molecule has 1 aliphatic carbocycles. The molecule has 1 amide bonds. The van der Waals surface area contributed by atoms with Gasteiger partial charge in [0.05, 0.1) is 25.6 Å². The Hall–Kier alpha value is -2.99. The van der Waals surface area contributed by atoms with E-state index in [1.54, 1.807) is 18.9 Å². The van der Waals surface area contributed by atoms with Crippen molar-refractivity contribution in [1.29, 1.82) is 0 Å². The Kier molecular flexibility index (Phi) is 5.83. The summed E-state index contributed by atoms with van der Waals surface area (Å²) in [7, 11) is 3.24. The molecule has 2 heterocycles. The molecule has 2 aliphatic rings. The number of halogens is 1. The third-order valence-corrected chi connectivity index (χ3v) is 7.61. The van der Waals surface area contributed by atoms with Crippen molar-refractivity contribution in [3.05, 3.63) is 59.2 Å². The molecule has 2 bridgehead atoms. The Morgan fingerprint density at radius 2 is 1.77 bits per heavy atom. The first-order valence-electron chi connectivity index (χ1n) is 12.0. The Labute approximate surface area is 211 Å². The number of benzene rings is 2. The van der Waals surface area contributed by atoms with E-state index in [1.807, 2.05) is 48.5 Å². The molecule has 1 saturated heterocycles. The van der Waals surface area contributed by atoms with Gasteiger partial charge in [0.25, 0.3) is 5.91 Å². The predicted octanol–water partition coefficient (Wildman–Crippen LogP) is 6.25. The summed E-state index contributed by atoms with van der Waals surface area (Å²) in [6.45, 7) is 7.72. The van der Waals surface area contributed by atoms with Crippen molar-refractivity contribution in [2.45, 2.75) is 46.1 Å². The van der Waals surface area contributed by atoms with E-state index in [0.717, 1.165) is 37.1 Å². The Morgan fingerprint density at radius 3 is 2.46 bits per heavy atom. The average molecular weight is 494 g/mol. The summed E-state index contributed by atoms with van der Waals surface area (Å²) >= 11 is 6.14. The first-order chi connectivity index (χ1) is 16.6. The van der Waals surface area contributed by atoms with Gasteiger partial charge in [-0.05, 0) is 72.6 Å². The molecule has 0 radical (unpaired) electrons. The van der Waals surface area contributed by atoms with Crippen LogP contribution in [0.4, 0.5) is 0 Å². The molecule has 3 aromatic rings. The number of amides is 1. The molecule has 5 rings (SSSR count). The lowest BCUT2D eigenvalue weighted by atomic mass is 9.65. The first-order valence-corrected chi connectivity index (χ1v) is 12.4. The summed E-state index contributed by atoms with van der Waals surface area (Å²) in [5, 5.41) is 5.51. The van der Waals surface area contributed by atoms with Crippen LogP contribution in [0.3, 0.4) is 0 Å². The second kappa shape index (κ2) is 8.59. The Balaban J connectivity index is 1.60. The van der Waals surface area contributed by atoms with Crippen molar-refractivity contribution in [3.8, 4) is 28.4 Å². The number of carbonyl (C=O) groups excluding carboxylic acids is 1. The van der Waals surface area contributed by atoms with Crippen LogP contribution in [0, 0.1) is 10.8 Å². The van der Waals surface area contributed by atoms with Crippen LogP contribution in [-0.2, 0) is 0 Å². The Morgan fingerprint density at radius 1 is 1.03 bits per heavy atom. The standard InChI is InChI=1S/C28H32ClN3O3/c1-27(2)14-20-15-28(3,16-27)17-31(20)26(33)24-13-23(22-11-10-21(34-4)12-25(22)35-5)30-32(24)19-8-6-18(29)7-9-19/h6-13,20H,14-17H2,1-5H3. The number of nitrogens with zero attached hydrogens (tertiary/aromatic N) is 3. The molecule has 6 nitrogen and oxygen atoms in total. The van der Waals surface area contributed by atoms with Gasteiger partial charge < -0.3 is 14.4 Å². The summed E-state index contributed by atoms with van der Waals surface area (Å²) in [5.74, 6) is 1.34. The summed E-state index contributed by atoms with van der Waals surface area (Å²) in [4.78, 5) is 16.2. The first kappa shape index (κ1) is 23.7. The van der Waals surface area contributed by atoms with Crippen molar-refractivity contribution in [3.63, 3.8) is 0 Å². The average Bonchev–Trinajstić information content (AvgIpc) is 3.36. The minimum absolute atomic E-state index is 0.0117. The summed E-state index contributed by atoms with van der Waals surface area (Å²) in [6.07, 6.45) is 3.20. The zero-order valence-electron chi connectivity index (χ0n) is 21.0. The quantitative estimate of drug-likeness (QED) is 0.421. The van der Waals surface area contributed by atoms with Crippen molar-refractivity contribution < 1.29 is 14.3 Å². The van der Waals surface area contributed by atoms with Crippen molar-refractivity contribution in [2.75, 3.05) is 20.8 Å². The number of methoxy groups -OCH3 is 2. The highest BCUT2D eigenvalue weighted by Crippen LogP contribution is 2.52. The molecule has 1 aliphatic heterocycles. The van der Waals surface area contributed by atoms with E-state index >= 15 is 0 Å². The highest BCUT2D eigenvalue weighted by molar-refractivity contribution is 6.30. The van der Waals surface area contributed by atoms with Crippen molar-refractivity contribution in [2.24, 2.45) is 10.8 Å². The molecular weight excluding hydrogens is 462 g/mol. The molecule has 1 aromatic heterocycles. The predicted molar refractivity (Wildman–Crippen MR) is 138 cm³/mol. The van der Waals surface area contributed by atoms with E-state index in [9.17, 15) is 4.79 Å². The van der Waals surface area contributed by atoms with E-state index in [0.29, 0.717) is 27.9 Å². The SMILES string of the molecule is COc1ccc(-c2cc(C(=O)N3CC4(C)CC3CC(C)(C)C4)n(-c3ccc(Cl)cc3)n2)c(OC)c1. The maximum Gasteiger partial charge on any atom is 0.272 e. The fraction of sp³-hybridized carbons (Fsp3) is 0.429. The number of hydrogen-bond donors (Lipinski definition) is 0. The van der Waals surface area contributed by atoms with E-state index < -0.39 is 0 Å². The summed E-state index contributed by atoms with van der Waals surface area (Å²) in [5.41, 5.74) is 3.15. The lowest BCUT2D eigenvalue weighted by Crippen LogP contribution is -2.38. The number of fused-ring (bicyclic) bond motifs is 2. The van der Waals surface area contributed by atoms with Crippen LogP contribution < -0.4 is 9.47 Å². The van der Waals surface area contributed by atoms with Gasteiger partial charge in [0, 0.05) is 29.2 Å². The molecular formula is C28H32ClN3O3. The molecule has 0 N–H and O–H groups in total. The summed E-state index contributed by atoms with van der Waals surface area (Å²) in [6, 6.07) is 15.1. The van der Waals surface area contributed by atoms with E-state index in [1.165, 1.54) is 0 Å². The zero-order valence-corrected chi connectivity index (χ0v) is 21.7. The van der Waals surface area contributed by atoms with Crippen LogP contribution in [0.1, 0.15) is 50.5 Å². The van der Waals surface area contributed by atoms with E-state index in [-0.39, 0.29) is 22.8 Å². The number of hydrogen-bond acceptors (Lipinski definition) is 4. The molecule has 1 saturated carbocycles. The molecule has 2 fully saturated rings. The van der Waals surface area contributed by atoms with Gasteiger partial charge in [0.2, 0.25) is 0 Å². The fourth-order valence-electron chi connectivity index (χ4n) is 6.30. The maximum atomic E-state index is 14.1. The van der Waals surface area contributed by atoms with Crippen LogP contribution in [-0.4, -0.2) is 47.4 Å². The number of ether oxygens (including phenoxy) is 2. The zero-order chi connectivity index (χ0) is 25.0. The van der Waals surface area contributed by atoms with E-state index in [4.69, 9.17) is 26.2 Å². The van der Waals surface area contributed by atoms with Crippen LogP contribution >= 0.6 is 11.6 Å². The highest BCUT2D eigenvalue weighted by atomic mass is 35.5. The lowest BCUT2D eigenvalue weighted by molar-refractivity contribution is 0.0699. The lowest BCUT2D eigenvalue weighted by Gasteiger charge is -2.39. The second-order valence-corrected chi connectivity index (χ2v) is 11.5. The van der Waals surface area contributed by atoms with Gasteiger partial charge in [0.15, 0.2) is 0 Å². The van der Waals surface area contributed by atoms with Gasteiger partial charge in [-0.25, -0.2) is 4.68 Å². The maximum absolute atomic E-state index is 14.1. The number of aromatic nitrogens is 2. The van der Waals surface area contributed by atoms with Gasteiger partial charge in [-0.2, -0.15) is 5.10 Å². The Bertz CT molecular complexity index is 1270. The normalized spacial score (nSPS) is 22.8. The number of carbonyl (C=O) groups is 1. The number of likely N-dealkylation sites (tertiary alicyclic amines) is 1. The smallest absolute Gasteiger partial charge is 0.272 e. The molecule has 2 unspecified atom stereocenters. The molecule has 184 valence electrons. The molecule has 2 atom stereocenters. The monoisotopic (exact) mass is 493 g/mol. The van der Waals surface area contributed by atoms with E-state index in [2.05, 4.69) is 25.7 Å². The summed E-state index contributed by atoms with van der Waals surface area (Å²) < 4.78 is 12.7. The largest absolute Gasteiger partial charge is 0.497 e. The second-order valence-electron chi connectivity index (χ2n) is 11.0. The van der Waals surface area contributed by atoms with Gasteiger partial charge in [0.1, 0.15) is 17.2 Å². The van der Waals surface area contributed by atoms with Gasteiger partial charge >= 0.3 is 0 Å². The van der Waals surface area contributed by atoms with Crippen LogP contribution in [0.25, 0.3) is 16.9 Å². The van der Waals surface area contributed by atoms with Crippen molar-refractivity contribution >= 4 is 17.5 Å². The fourth-order valence-corrected chi connectivity index (χ4v) is 6.42. The molecule has 35 heavy (non-hydrogen) atoms. The number of rotatable bonds is 5. The molecule has 2 aromatic carbocycles. The van der Waals surface area contributed by atoms with Crippen LogP contribution in [0.15, 0.2) is 48.5 Å². The molecule has 7 heteroatoms. The van der Waals surface area contributed by atoms with Gasteiger partial charge in [-0.1, -0.05) is 32.4 Å². The van der Waals surface area contributed by atoms with Gasteiger partial charge in [-0.15, -0.1) is 0 Å². The third-order valence-electron chi connectivity index (χ3n) is 7.36. The molecule has 0 spiro atoms. The minimum Gasteiger partial charge on any atom is -0.497 e. The topological polar surface area (TPSA) is 56.6 Å². The van der Waals surface area contributed by atoms with Crippen molar-refractivity contribution in [1.82, 2.24) is 14.7 Å². The minimum atomic E-state index is 0.0117. The highest BCUT2D eigenvalue weighted by Gasteiger charge is 2.51. The van der Waals surface area contributed by atoms with Crippen LogP contribution in [0.2, 0.25) is 5.02 Å².